The fourth-order valence-corrected chi connectivity index (χ4v) is 7.71. The molecule has 0 aromatic heterocycles. The van der Waals surface area contributed by atoms with E-state index in [1.807, 2.05) is 52.0 Å². The van der Waals surface area contributed by atoms with Crippen LogP contribution in [0.15, 0.2) is 24.3 Å². The number of carbonyl (C=O) groups is 2. The van der Waals surface area contributed by atoms with Gasteiger partial charge in [0.05, 0.1) is 13.2 Å². The summed E-state index contributed by atoms with van der Waals surface area (Å²) in [5, 5.41) is 0. The molecule has 4 rings (SSSR count). The fourth-order valence-electron chi connectivity index (χ4n) is 7.71. The number of hydrogen-bond acceptors (Lipinski definition) is 8. The highest BCUT2D eigenvalue weighted by Gasteiger charge is 2.53. The Bertz CT molecular complexity index is 1380. The van der Waals surface area contributed by atoms with Gasteiger partial charge < -0.3 is 28.4 Å². The molecule has 0 bridgehead atoms. The van der Waals surface area contributed by atoms with E-state index in [2.05, 4.69) is 41.5 Å². The molecule has 2 heterocycles. The van der Waals surface area contributed by atoms with Crippen molar-refractivity contribution in [2.75, 3.05) is 13.2 Å². The van der Waals surface area contributed by atoms with Gasteiger partial charge in [0, 0.05) is 34.8 Å². The first-order valence-electron chi connectivity index (χ1n) is 19.5. The second kappa shape index (κ2) is 17.4. The lowest BCUT2D eigenvalue weighted by Crippen LogP contribution is -2.55. The first-order chi connectivity index (χ1) is 24.2. The third-order valence-electron chi connectivity index (χ3n) is 10.3. The second-order valence-corrected chi connectivity index (χ2v) is 15.9. The van der Waals surface area contributed by atoms with E-state index in [9.17, 15) is 9.59 Å². The monoisotopic (exact) mass is 708 g/mol. The minimum Gasteiger partial charge on any atom is -0.478 e. The zero-order chi connectivity index (χ0) is 37.4. The topological polar surface area (TPSA) is 89.5 Å². The van der Waals surface area contributed by atoms with Crippen LogP contribution in [0, 0.1) is 13.8 Å². The Morgan fingerprint density at radius 1 is 0.627 bits per heavy atom. The number of esters is 2. The molecule has 2 aromatic rings. The third kappa shape index (κ3) is 9.92. The summed E-state index contributed by atoms with van der Waals surface area (Å²) in [4.78, 5) is 25.8. The van der Waals surface area contributed by atoms with Gasteiger partial charge in [-0.15, -0.1) is 0 Å². The van der Waals surface area contributed by atoms with Crippen LogP contribution in [0.4, 0.5) is 0 Å². The van der Waals surface area contributed by atoms with Crippen molar-refractivity contribution in [3.8, 4) is 23.0 Å². The Labute approximate surface area is 307 Å². The van der Waals surface area contributed by atoms with Crippen molar-refractivity contribution in [2.24, 2.45) is 0 Å². The molecule has 2 aromatic carbocycles. The molecule has 1 spiro atoms. The Morgan fingerprint density at radius 2 is 1.02 bits per heavy atom. The first-order valence-corrected chi connectivity index (χ1v) is 19.5. The van der Waals surface area contributed by atoms with Gasteiger partial charge in [-0.05, 0) is 88.8 Å². The summed E-state index contributed by atoms with van der Waals surface area (Å²) in [5.41, 5.74) is 3.19. The Kier molecular flexibility index (Phi) is 13.8. The number of aryl methyl sites for hydroxylation is 2. The maximum absolute atomic E-state index is 12.9. The number of benzene rings is 2. The van der Waals surface area contributed by atoms with Crippen LogP contribution in [0.1, 0.15) is 155 Å². The van der Waals surface area contributed by atoms with Crippen LogP contribution < -0.4 is 18.9 Å². The molecule has 0 saturated heterocycles. The Balaban J connectivity index is 1.60. The normalized spacial score (nSPS) is 19.5. The first kappa shape index (κ1) is 40.4. The molecule has 8 nitrogen and oxygen atoms in total. The number of carbonyl (C=O) groups excluding carboxylic acids is 2. The van der Waals surface area contributed by atoms with E-state index in [1.54, 1.807) is 0 Å². The van der Waals surface area contributed by atoms with E-state index in [0.717, 1.165) is 85.1 Å². The van der Waals surface area contributed by atoms with E-state index >= 15 is 0 Å². The van der Waals surface area contributed by atoms with Crippen molar-refractivity contribution in [3.05, 3.63) is 46.5 Å². The zero-order valence-electron chi connectivity index (χ0n) is 33.1. The van der Waals surface area contributed by atoms with Crippen LogP contribution in [0.5, 0.6) is 23.0 Å². The zero-order valence-corrected chi connectivity index (χ0v) is 33.1. The smallest absolute Gasteiger partial charge is 0.347 e. The highest BCUT2D eigenvalue weighted by Crippen LogP contribution is 2.55. The molecule has 51 heavy (non-hydrogen) atoms. The molecule has 0 N–H and O–H groups in total. The van der Waals surface area contributed by atoms with Crippen LogP contribution in [0.3, 0.4) is 0 Å². The maximum Gasteiger partial charge on any atom is 0.347 e. The van der Waals surface area contributed by atoms with Gasteiger partial charge in [-0.1, -0.05) is 80.1 Å². The Morgan fingerprint density at radius 3 is 1.37 bits per heavy atom. The molecule has 0 saturated carbocycles. The lowest BCUT2D eigenvalue weighted by atomic mass is 9.69. The molecule has 0 radical (unpaired) electrons. The molecule has 0 fully saturated rings. The maximum atomic E-state index is 12.9. The summed E-state index contributed by atoms with van der Waals surface area (Å²) >= 11 is 0. The SMILES string of the molecule is CCCCCCC(Oc1cc2c(cc1C)OC1(CC2(C)C)CC(C)(C)c2cc(OC(CCCCCC)C(=O)OCC)c(C)cc2O1)C(=O)OCC. The lowest BCUT2D eigenvalue weighted by Gasteiger charge is -2.51. The van der Waals surface area contributed by atoms with Crippen molar-refractivity contribution >= 4 is 11.9 Å². The number of fused-ring (bicyclic) bond motifs is 2. The van der Waals surface area contributed by atoms with Crippen molar-refractivity contribution in [3.63, 3.8) is 0 Å². The predicted octanol–water partition coefficient (Wildman–Crippen LogP) is 10.4. The summed E-state index contributed by atoms with van der Waals surface area (Å²) in [6.45, 7) is 21.5. The van der Waals surface area contributed by atoms with Gasteiger partial charge in [0.2, 0.25) is 0 Å². The van der Waals surface area contributed by atoms with E-state index in [-0.39, 0.29) is 22.8 Å². The van der Waals surface area contributed by atoms with Crippen molar-refractivity contribution < 1.29 is 38.0 Å². The average Bonchev–Trinajstić information content (AvgIpc) is 3.04. The van der Waals surface area contributed by atoms with E-state index in [4.69, 9.17) is 28.4 Å². The number of unbranched alkanes of at least 4 members (excludes halogenated alkanes) is 6. The third-order valence-corrected chi connectivity index (χ3v) is 10.3. The summed E-state index contributed by atoms with van der Waals surface area (Å²) in [7, 11) is 0. The minimum atomic E-state index is -0.893. The van der Waals surface area contributed by atoms with Gasteiger partial charge in [-0.2, -0.15) is 0 Å². The summed E-state index contributed by atoms with van der Waals surface area (Å²) in [5.74, 6) is 1.37. The van der Waals surface area contributed by atoms with Gasteiger partial charge in [0.25, 0.3) is 5.79 Å². The van der Waals surface area contributed by atoms with Crippen LogP contribution in [-0.4, -0.2) is 43.1 Å². The molecular formula is C43H64O8. The van der Waals surface area contributed by atoms with Crippen molar-refractivity contribution in [2.45, 2.75) is 175 Å². The molecule has 0 aliphatic carbocycles. The number of hydrogen-bond donors (Lipinski definition) is 0. The van der Waals surface area contributed by atoms with E-state index in [1.165, 1.54) is 0 Å². The molecule has 2 aliphatic rings. The van der Waals surface area contributed by atoms with Crippen LogP contribution in [0.2, 0.25) is 0 Å². The lowest BCUT2D eigenvalue weighted by molar-refractivity contribution is -0.166. The van der Waals surface area contributed by atoms with Crippen molar-refractivity contribution in [1.29, 1.82) is 0 Å². The van der Waals surface area contributed by atoms with E-state index < -0.39 is 18.0 Å². The standard InChI is InChI=1S/C43H64O8/c1-11-15-17-19-21-33(39(44)46-13-3)48-35-25-31-37(23-29(35)5)50-43(27-41(31,7)8)28-42(9,10)32-26-36(30(6)24-38(32)51-43)49-34(40(45)47-14-4)22-20-18-16-12-2/h23-26,33-34H,11-22,27-28H2,1-10H3. The van der Waals surface area contributed by atoms with Crippen molar-refractivity contribution in [1.82, 2.24) is 0 Å². The molecule has 2 aliphatic heterocycles. The summed E-state index contributed by atoms with van der Waals surface area (Å²) < 4.78 is 37.4. The largest absolute Gasteiger partial charge is 0.478 e. The molecular weight excluding hydrogens is 644 g/mol. The highest BCUT2D eigenvalue weighted by molar-refractivity contribution is 5.75. The fraction of sp³-hybridized carbons (Fsp3) is 0.674. The molecule has 2 unspecified atom stereocenters. The summed E-state index contributed by atoms with van der Waals surface area (Å²) in [6, 6.07) is 8.15. The minimum absolute atomic E-state index is 0.315. The Hall–Kier alpha value is -3.42. The molecule has 0 amide bonds. The number of ether oxygens (including phenoxy) is 6. The van der Waals surface area contributed by atoms with Gasteiger partial charge in [-0.3, -0.25) is 0 Å². The molecule has 284 valence electrons. The van der Waals surface area contributed by atoms with Gasteiger partial charge >= 0.3 is 11.9 Å². The number of rotatable bonds is 18. The summed E-state index contributed by atoms with van der Waals surface area (Å²) in [6.07, 6.45) is 9.64. The van der Waals surface area contributed by atoms with Crippen LogP contribution >= 0.6 is 0 Å². The predicted molar refractivity (Wildman–Crippen MR) is 201 cm³/mol. The molecule has 8 heteroatoms. The quantitative estimate of drug-likeness (QED) is 0.112. The van der Waals surface area contributed by atoms with Gasteiger partial charge in [-0.25, -0.2) is 9.59 Å². The van der Waals surface area contributed by atoms with Gasteiger partial charge in [0.15, 0.2) is 12.2 Å². The highest BCUT2D eigenvalue weighted by atomic mass is 16.7. The van der Waals surface area contributed by atoms with Crippen LogP contribution in [-0.2, 0) is 29.9 Å². The van der Waals surface area contributed by atoms with Gasteiger partial charge in [0.1, 0.15) is 23.0 Å². The second-order valence-electron chi connectivity index (χ2n) is 15.9. The van der Waals surface area contributed by atoms with Crippen LogP contribution in [0.25, 0.3) is 0 Å². The molecule has 2 atom stereocenters. The average molecular weight is 709 g/mol. The van der Waals surface area contributed by atoms with E-state index in [0.29, 0.717) is 50.4 Å².